The predicted octanol–water partition coefficient (Wildman–Crippen LogP) is 5.79. The minimum atomic E-state index is -0.149. The number of anilines is 1. The van der Waals surface area contributed by atoms with Crippen LogP contribution in [0.3, 0.4) is 0 Å². The maximum absolute atomic E-state index is 13.0. The van der Waals surface area contributed by atoms with Crippen LogP contribution in [-0.4, -0.2) is 33.9 Å². The van der Waals surface area contributed by atoms with Crippen molar-refractivity contribution in [2.24, 2.45) is 11.3 Å². The van der Waals surface area contributed by atoms with Crippen molar-refractivity contribution in [3.05, 3.63) is 50.5 Å². The van der Waals surface area contributed by atoms with Crippen LogP contribution in [0.5, 0.6) is 0 Å². The Hall–Kier alpha value is -1.56. The van der Waals surface area contributed by atoms with Gasteiger partial charge in [-0.3, -0.25) is 9.36 Å². The van der Waals surface area contributed by atoms with E-state index in [2.05, 4.69) is 11.8 Å². The van der Waals surface area contributed by atoms with Gasteiger partial charge in [0, 0.05) is 19.2 Å². The van der Waals surface area contributed by atoms with Crippen molar-refractivity contribution >= 4 is 29.0 Å². The van der Waals surface area contributed by atoms with Crippen LogP contribution in [0.15, 0.2) is 29.1 Å². The highest BCUT2D eigenvalue weighted by atomic mass is 35.5. The zero-order valence-electron chi connectivity index (χ0n) is 19.0. The summed E-state index contributed by atoms with van der Waals surface area (Å²) >= 11 is 12.5. The first-order valence-corrected chi connectivity index (χ1v) is 12.5. The van der Waals surface area contributed by atoms with Gasteiger partial charge in [-0.25, -0.2) is 4.98 Å². The minimum Gasteiger partial charge on any atom is -0.393 e. The van der Waals surface area contributed by atoms with Crippen LogP contribution in [0, 0.1) is 18.3 Å². The molecule has 0 spiro atoms. The van der Waals surface area contributed by atoms with Crippen LogP contribution >= 0.6 is 23.2 Å². The number of piperidine rings is 1. The highest BCUT2D eigenvalue weighted by molar-refractivity contribution is 6.43. The zero-order valence-corrected chi connectivity index (χ0v) is 20.5. The average molecular weight is 478 g/mol. The smallest absolute Gasteiger partial charge is 0.260 e. The van der Waals surface area contributed by atoms with E-state index in [1.165, 1.54) is 30.3 Å². The first-order valence-electron chi connectivity index (χ1n) is 11.7. The molecule has 2 heterocycles. The van der Waals surface area contributed by atoms with Gasteiger partial charge in [-0.2, -0.15) is 0 Å². The Morgan fingerprint density at radius 1 is 1.16 bits per heavy atom. The van der Waals surface area contributed by atoms with Gasteiger partial charge in [-0.15, -0.1) is 0 Å². The summed E-state index contributed by atoms with van der Waals surface area (Å²) in [4.78, 5) is 19.9. The standard InChI is InChI=1S/C25H33Cl2N3O2/c1-17-28-22(16-23(32)30(17)21-5-3-4-20(26)24(21)27)29-14-12-25(2,13-15-29)11-10-18-6-8-19(31)9-7-18/h3-5,16,18-19,31H,6-15H2,1-2H3. The molecule has 1 saturated carbocycles. The van der Waals surface area contributed by atoms with Crippen molar-refractivity contribution in [2.75, 3.05) is 18.0 Å². The van der Waals surface area contributed by atoms with Gasteiger partial charge < -0.3 is 10.0 Å². The summed E-state index contributed by atoms with van der Waals surface area (Å²) in [6.07, 6.45) is 8.89. The molecule has 0 radical (unpaired) electrons. The Kier molecular flexibility index (Phi) is 7.18. The molecule has 1 aliphatic heterocycles. The second-order valence-electron chi connectivity index (χ2n) is 9.92. The predicted molar refractivity (Wildman–Crippen MR) is 131 cm³/mol. The van der Waals surface area contributed by atoms with Crippen molar-refractivity contribution in [2.45, 2.75) is 71.3 Å². The summed E-state index contributed by atoms with van der Waals surface area (Å²) in [6.45, 7) is 6.05. The summed E-state index contributed by atoms with van der Waals surface area (Å²) in [5.74, 6) is 2.11. The van der Waals surface area contributed by atoms with Gasteiger partial charge in [-0.05, 0) is 81.8 Å². The van der Waals surface area contributed by atoms with E-state index in [1.807, 2.05) is 6.92 Å². The highest BCUT2D eigenvalue weighted by Gasteiger charge is 2.32. The van der Waals surface area contributed by atoms with Crippen LogP contribution in [0.2, 0.25) is 10.0 Å². The number of rotatable bonds is 5. The molecule has 4 rings (SSSR count). The fraction of sp³-hybridized carbons (Fsp3) is 0.600. The molecule has 5 nitrogen and oxygen atoms in total. The first kappa shape index (κ1) is 23.6. The number of aliphatic hydroxyl groups excluding tert-OH is 1. The maximum atomic E-state index is 13.0. The lowest BCUT2D eigenvalue weighted by Gasteiger charge is -2.41. The van der Waals surface area contributed by atoms with Crippen LogP contribution in [0.4, 0.5) is 5.82 Å². The normalized spacial score (nSPS) is 23.3. The third-order valence-electron chi connectivity index (χ3n) is 7.51. The summed E-state index contributed by atoms with van der Waals surface area (Å²) in [5.41, 5.74) is 0.747. The highest BCUT2D eigenvalue weighted by Crippen LogP contribution is 2.40. The Bertz CT molecular complexity index is 1010. The van der Waals surface area contributed by atoms with Crippen molar-refractivity contribution in [1.29, 1.82) is 0 Å². The Balaban J connectivity index is 1.41. The largest absolute Gasteiger partial charge is 0.393 e. The van der Waals surface area contributed by atoms with E-state index in [0.717, 1.165) is 50.5 Å². The lowest BCUT2D eigenvalue weighted by Crippen LogP contribution is -2.40. The van der Waals surface area contributed by atoms with E-state index >= 15 is 0 Å². The average Bonchev–Trinajstić information content (AvgIpc) is 2.76. The van der Waals surface area contributed by atoms with Crippen LogP contribution in [0.1, 0.15) is 64.1 Å². The van der Waals surface area contributed by atoms with Gasteiger partial charge in [-0.1, -0.05) is 36.2 Å². The summed E-state index contributed by atoms with van der Waals surface area (Å²) < 4.78 is 1.52. The number of aryl methyl sites for hydroxylation is 1. The molecule has 2 fully saturated rings. The van der Waals surface area contributed by atoms with Crippen LogP contribution < -0.4 is 10.5 Å². The number of aliphatic hydroxyl groups is 1. The molecule has 1 aromatic heterocycles. The summed E-state index contributed by atoms with van der Waals surface area (Å²) in [6, 6.07) is 6.88. The minimum absolute atomic E-state index is 0.0774. The quantitative estimate of drug-likeness (QED) is 0.592. The number of aromatic nitrogens is 2. The molecule has 0 atom stereocenters. The summed E-state index contributed by atoms with van der Waals surface area (Å²) in [7, 11) is 0. The van der Waals surface area contributed by atoms with Crippen molar-refractivity contribution in [3.8, 4) is 5.69 Å². The van der Waals surface area contributed by atoms with E-state index in [9.17, 15) is 9.90 Å². The van der Waals surface area contributed by atoms with E-state index in [4.69, 9.17) is 28.2 Å². The number of hydrogen-bond acceptors (Lipinski definition) is 4. The first-order chi connectivity index (χ1) is 15.3. The molecule has 2 aliphatic rings. The fourth-order valence-electron chi connectivity index (χ4n) is 5.21. The number of halogens is 2. The Morgan fingerprint density at radius 3 is 2.50 bits per heavy atom. The van der Waals surface area contributed by atoms with E-state index in [-0.39, 0.29) is 11.7 Å². The van der Waals surface area contributed by atoms with Crippen molar-refractivity contribution in [1.82, 2.24) is 9.55 Å². The third kappa shape index (κ3) is 5.16. The van der Waals surface area contributed by atoms with Crippen molar-refractivity contribution < 1.29 is 5.11 Å². The Morgan fingerprint density at radius 2 is 1.84 bits per heavy atom. The van der Waals surface area contributed by atoms with E-state index in [1.54, 1.807) is 24.3 Å². The second kappa shape index (κ2) is 9.74. The Labute approximate surface area is 200 Å². The lowest BCUT2D eigenvalue weighted by molar-refractivity contribution is 0.0990. The number of hydrogen-bond donors (Lipinski definition) is 1. The van der Waals surface area contributed by atoms with Gasteiger partial charge in [0.05, 0.1) is 21.8 Å². The van der Waals surface area contributed by atoms with E-state index in [0.29, 0.717) is 27.0 Å². The molecule has 1 saturated heterocycles. The van der Waals surface area contributed by atoms with Gasteiger partial charge in [0.25, 0.3) is 5.56 Å². The molecule has 2 aromatic rings. The molecule has 1 aliphatic carbocycles. The fourth-order valence-corrected chi connectivity index (χ4v) is 5.59. The molecule has 7 heteroatoms. The van der Waals surface area contributed by atoms with Gasteiger partial charge >= 0.3 is 0 Å². The SMILES string of the molecule is Cc1nc(N2CCC(C)(CCC3CCC(O)CC3)CC2)cc(=O)n1-c1cccc(Cl)c1Cl. The van der Waals surface area contributed by atoms with Crippen molar-refractivity contribution in [3.63, 3.8) is 0 Å². The molecular weight excluding hydrogens is 445 g/mol. The maximum Gasteiger partial charge on any atom is 0.260 e. The molecule has 0 amide bonds. The molecule has 0 bridgehead atoms. The van der Waals surface area contributed by atoms with Gasteiger partial charge in [0.15, 0.2) is 0 Å². The van der Waals surface area contributed by atoms with Gasteiger partial charge in [0.2, 0.25) is 0 Å². The summed E-state index contributed by atoms with van der Waals surface area (Å²) in [5, 5.41) is 10.5. The number of benzene rings is 1. The monoisotopic (exact) mass is 477 g/mol. The molecular formula is C25H33Cl2N3O2. The molecule has 32 heavy (non-hydrogen) atoms. The van der Waals surface area contributed by atoms with Gasteiger partial charge in [0.1, 0.15) is 11.6 Å². The molecule has 1 aromatic carbocycles. The topological polar surface area (TPSA) is 58.4 Å². The van der Waals surface area contributed by atoms with Crippen LogP contribution in [0.25, 0.3) is 5.69 Å². The third-order valence-corrected chi connectivity index (χ3v) is 8.32. The number of nitrogens with zero attached hydrogens (tertiary/aromatic N) is 3. The second-order valence-corrected chi connectivity index (χ2v) is 10.7. The molecule has 1 N–H and O–H groups in total. The van der Waals surface area contributed by atoms with Crippen LogP contribution in [-0.2, 0) is 0 Å². The van der Waals surface area contributed by atoms with E-state index < -0.39 is 0 Å². The molecule has 174 valence electrons. The lowest BCUT2D eigenvalue weighted by atomic mass is 9.73. The molecule has 0 unspecified atom stereocenters. The zero-order chi connectivity index (χ0) is 22.9.